The van der Waals surface area contributed by atoms with Gasteiger partial charge in [0.05, 0.1) is 0 Å². The number of anilines is 2. The molecule has 1 aromatic carbocycles. The number of hydrogen-bond acceptors (Lipinski definition) is 4. The summed E-state index contributed by atoms with van der Waals surface area (Å²) in [6.45, 7) is 9.86. The lowest BCUT2D eigenvalue weighted by atomic mass is 9.98. The van der Waals surface area contributed by atoms with E-state index in [1.165, 1.54) is 5.56 Å². The molecule has 2 aliphatic heterocycles. The second kappa shape index (κ2) is 6.79. The first kappa shape index (κ1) is 16.1. The molecule has 5 nitrogen and oxygen atoms in total. The Morgan fingerprint density at radius 1 is 1.22 bits per heavy atom. The van der Waals surface area contributed by atoms with E-state index in [4.69, 9.17) is 5.73 Å². The predicted molar refractivity (Wildman–Crippen MR) is 94.7 cm³/mol. The van der Waals surface area contributed by atoms with Gasteiger partial charge in [0.15, 0.2) is 0 Å². The Morgan fingerprint density at radius 3 is 2.65 bits per heavy atom. The van der Waals surface area contributed by atoms with Gasteiger partial charge in [0.1, 0.15) is 6.04 Å². The van der Waals surface area contributed by atoms with Crippen molar-refractivity contribution in [3.63, 3.8) is 0 Å². The molecule has 0 aromatic heterocycles. The molecule has 126 valence electrons. The number of benzene rings is 1. The molecule has 1 atom stereocenters. The van der Waals surface area contributed by atoms with Crippen LogP contribution in [0.25, 0.3) is 0 Å². The van der Waals surface area contributed by atoms with E-state index in [2.05, 4.69) is 22.8 Å². The van der Waals surface area contributed by atoms with Gasteiger partial charge in [0, 0.05) is 44.1 Å². The predicted octanol–water partition coefficient (Wildman–Crippen LogP) is 1.57. The average Bonchev–Trinajstić information content (AvgIpc) is 2.60. The number of carbonyl (C=O) groups is 1. The Hall–Kier alpha value is -1.75. The Labute approximate surface area is 139 Å². The van der Waals surface area contributed by atoms with Crippen molar-refractivity contribution in [2.45, 2.75) is 32.7 Å². The minimum Gasteiger partial charge on any atom is -0.398 e. The van der Waals surface area contributed by atoms with E-state index in [-0.39, 0.29) is 11.9 Å². The van der Waals surface area contributed by atoms with Crippen molar-refractivity contribution in [1.29, 1.82) is 0 Å². The molecule has 0 spiro atoms. The molecule has 3 rings (SSSR count). The van der Waals surface area contributed by atoms with Crippen LogP contribution in [0.4, 0.5) is 11.4 Å². The number of nitrogen functional groups attached to an aromatic ring is 1. The van der Waals surface area contributed by atoms with Gasteiger partial charge in [-0.25, -0.2) is 0 Å². The van der Waals surface area contributed by atoms with Crippen LogP contribution in [0, 0.1) is 0 Å². The lowest BCUT2D eigenvalue weighted by Crippen LogP contribution is -2.54. The van der Waals surface area contributed by atoms with E-state index >= 15 is 0 Å². The summed E-state index contributed by atoms with van der Waals surface area (Å²) in [5, 5.41) is 0. The van der Waals surface area contributed by atoms with Gasteiger partial charge in [-0.2, -0.15) is 0 Å². The summed E-state index contributed by atoms with van der Waals surface area (Å²) in [5.74, 6) is 0.246. The van der Waals surface area contributed by atoms with Gasteiger partial charge in [0.25, 0.3) is 0 Å². The van der Waals surface area contributed by atoms with Crippen LogP contribution < -0.4 is 10.6 Å². The van der Waals surface area contributed by atoms with Gasteiger partial charge < -0.3 is 20.4 Å². The van der Waals surface area contributed by atoms with Crippen LogP contribution in [0.2, 0.25) is 0 Å². The first-order valence-corrected chi connectivity index (χ1v) is 8.77. The lowest BCUT2D eigenvalue weighted by Gasteiger charge is -2.40. The third-order valence-electron chi connectivity index (χ3n) is 5.28. The fourth-order valence-electron chi connectivity index (χ4n) is 3.76. The average molecular weight is 316 g/mol. The Balaban J connectivity index is 1.73. The SMILES string of the molecule is CCN1CCN(C(=O)C(C)N2CCCc3c(N)cccc32)CC1. The highest BCUT2D eigenvalue weighted by Crippen LogP contribution is 2.32. The molecular formula is C18H28N4O. The number of amides is 1. The van der Waals surface area contributed by atoms with Crippen LogP contribution in [-0.2, 0) is 11.2 Å². The highest BCUT2D eigenvalue weighted by molar-refractivity contribution is 5.86. The molecule has 2 N–H and O–H groups in total. The second-order valence-electron chi connectivity index (χ2n) is 6.58. The second-order valence-corrected chi connectivity index (χ2v) is 6.58. The molecule has 0 radical (unpaired) electrons. The lowest BCUT2D eigenvalue weighted by molar-refractivity contribution is -0.134. The quantitative estimate of drug-likeness (QED) is 0.860. The number of rotatable bonds is 3. The highest BCUT2D eigenvalue weighted by atomic mass is 16.2. The van der Waals surface area contributed by atoms with Crippen LogP contribution in [0.1, 0.15) is 25.8 Å². The van der Waals surface area contributed by atoms with Crippen molar-refractivity contribution in [3.05, 3.63) is 23.8 Å². The molecule has 23 heavy (non-hydrogen) atoms. The standard InChI is InChI=1S/C18H28N4O/c1-3-20-10-12-21(13-11-20)18(23)14(2)22-9-5-6-15-16(19)7-4-8-17(15)22/h4,7-8,14H,3,5-6,9-13,19H2,1-2H3. The normalized spacial score (nSPS) is 20.3. The molecule has 0 aliphatic carbocycles. The molecule has 1 saturated heterocycles. The zero-order valence-electron chi connectivity index (χ0n) is 14.3. The van der Waals surface area contributed by atoms with E-state index in [9.17, 15) is 4.79 Å². The van der Waals surface area contributed by atoms with Crippen molar-refractivity contribution in [1.82, 2.24) is 9.80 Å². The Morgan fingerprint density at radius 2 is 1.96 bits per heavy atom. The number of carbonyl (C=O) groups excluding carboxylic acids is 1. The minimum atomic E-state index is -0.121. The number of hydrogen-bond donors (Lipinski definition) is 1. The van der Waals surface area contributed by atoms with Gasteiger partial charge in [0.2, 0.25) is 5.91 Å². The summed E-state index contributed by atoms with van der Waals surface area (Å²) in [6.07, 6.45) is 2.07. The van der Waals surface area contributed by atoms with Gasteiger partial charge >= 0.3 is 0 Å². The molecule has 1 amide bonds. The number of fused-ring (bicyclic) bond motifs is 1. The van der Waals surface area contributed by atoms with E-state index in [0.717, 1.165) is 63.5 Å². The molecule has 1 fully saturated rings. The summed E-state index contributed by atoms with van der Waals surface area (Å²) in [7, 11) is 0. The summed E-state index contributed by atoms with van der Waals surface area (Å²) in [6, 6.07) is 5.93. The van der Waals surface area contributed by atoms with Crippen molar-refractivity contribution >= 4 is 17.3 Å². The van der Waals surface area contributed by atoms with E-state index < -0.39 is 0 Å². The fraction of sp³-hybridized carbons (Fsp3) is 0.611. The van der Waals surface area contributed by atoms with Gasteiger partial charge in [-0.1, -0.05) is 13.0 Å². The maximum atomic E-state index is 12.9. The third kappa shape index (κ3) is 3.15. The molecule has 2 heterocycles. The molecule has 0 saturated carbocycles. The molecule has 1 unspecified atom stereocenters. The van der Waals surface area contributed by atoms with Crippen LogP contribution in [0.5, 0.6) is 0 Å². The van der Waals surface area contributed by atoms with Crippen molar-refractivity contribution < 1.29 is 4.79 Å². The van der Waals surface area contributed by atoms with Gasteiger partial charge in [-0.15, -0.1) is 0 Å². The summed E-state index contributed by atoms with van der Waals surface area (Å²) in [5.41, 5.74) is 9.32. The minimum absolute atomic E-state index is 0.121. The zero-order chi connectivity index (χ0) is 16.4. The van der Waals surface area contributed by atoms with Crippen LogP contribution in [-0.4, -0.2) is 61.0 Å². The first-order chi connectivity index (χ1) is 11.1. The van der Waals surface area contributed by atoms with E-state index in [1.807, 2.05) is 24.0 Å². The topological polar surface area (TPSA) is 52.8 Å². The highest BCUT2D eigenvalue weighted by Gasteiger charge is 2.31. The van der Waals surface area contributed by atoms with E-state index in [1.54, 1.807) is 0 Å². The maximum absolute atomic E-state index is 12.9. The summed E-state index contributed by atoms with van der Waals surface area (Å²) in [4.78, 5) is 19.6. The smallest absolute Gasteiger partial charge is 0.245 e. The number of nitrogens with zero attached hydrogens (tertiary/aromatic N) is 3. The number of piperazine rings is 1. The van der Waals surface area contributed by atoms with Gasteiger partial charge in [-0.3, -0.25) is 4.79 Å². The fourth-order valence-corrected chi connectivity index (χ4v) is 3.76. The molecule has 1 aromatic rings. The third-order valence-corrected chi connectivity index (χ3v) is 5.28. The number of nitrogens with two attached hydrogens (primary N) is 1. The first-order valence-electron chi connectivity index (χ1n) is 8.77. The van der Waals surface area contributed by atoms with Crippen molar-refractivity contribution in [2.75, 3.05) is 49.9 Å². The largest absolute Gasteiger partial charge is 0.398 e. The van der Waals surface area contributed by atoms with Crippen LogP contribution in [0.15, 0.2) is 18.2 Å². The Kier molecular flexibility index (Phi) is 4.76. The Bertz CT molecular complexity index is 566. The summed E-state index contributed by atoms with van der Waals surface area (Å²) >= 11 is 0. The molecular weight excluding hydrogens is 288 g/mol. The van der Waals surface area contributed by atoms with E-state index in [0.29, 0.717) is 0 Å². The zero-order valence-corrected chi connectivity index (χ0v) is 14.3. The number of likely N-dealkylation sites (N-methyl/N-ethyl adjacent to an activating group) is 1. The molecule has 5 heteroatoms. The summed E-state index contributed by atoms with van der Waals surface area (Å²) < 4.78 is 0. The van der Waals surface area contributed by atoms with Gasteiger partial charge in [-0.05, 0) is 44.0 Å². The van der Waals surface area contributed by atoms with Crippen molar-refractivity contribution in [3.8, 4) is 0 Å². The van der Waals surface area contributed by atoms with Crippen LogP contribution >= 0.6 is 0 Å². The molecule has 2 aliphatic rings. The monoisotopic (exact) mass is 316 g/mol. The maximum Gasteiger partial charge on any atom is 0.245 e. The van der Waals surface area contributed by atoms with Crippen molar-refractivity contribution in [2.24, 2.45) is 0 Å². The van der Waals surface area contributed by atoms with Crippen LogP contribution in [0.3, 0.4) is 0 Å². The molecule has 0 bridgehead atoms.